The highest BCUT2D eigenvalue weighted by molar-refractivity contribution is 7.14. The minimum absolute atomic E-state index is 0.136. The molecule has 9 heteroatoms. The van der Waals surface area contributed by atoms with Gasteiger partial charge in [-0.3, -0.25) is 15.1 Å². The molecule has 144 valence electrons. The van der Waals surface area contributed by atoms with E-state index in [2.05, 4.69) is 5.32 Å². The lowest BCUT2D eigenvalue weighted by molar-refractivity contribution is -0.131. The van der Waals surface area contributed by atoms with E-state index in [1.54, 1.807) is 6.92 Å². The zero-order valence-electron chi connectivity index (χ0n) is 14.9. The smallest absolute Gasteiger partial charge is 0.270 e. The maximum atomic E-state index is 13.5. The lowest BCUT2D eigenvalue weighted by Gasteiger charge is -2.45. The van der Waals surface area contributed by atoms with Gasteiger partial charge in [-0.2, -0.15) is 0 Å². The number of rotatable bonds is 3. The average molecular weight is 395 g/mol. The van der Waals surface area contributed by atoms with Crippen molar-refractivity contribution in [2.75, 3.05) is 7.05 Å². The Bertz CT molecular complexity index is 908. The number of benzene rings is 1. The highest BCUT2D eigenvalue weighted by Crippen LogP contribution is 2.49. The molecule has 2 aromatic rings. The summed E-state index contributed by atoms with van der Waals surface area (Å²) in [6.07, 6.45) is 0. The van der Waals surface area contributed by atoms with Gasteiger partial charge in [0, 0.05) is 25.6 Å². The van der Waals surface area contributed by atoms with Crippen LogP contribution in [-0.4, -0.2) is 34.0 Å². The van der Waals surface area contributed by atoms with Crippen LogP contribution in [0.5, 0.6) is 10.8 Å². The number of guanidine groups is 1. The van der Waals surface area contributed by atoms with Gasteiger partial charge < -0.3 is 15.5 Å². The number of halogens is 2. The SMILES string of the molecule is CN1C(=N)N[C@](C)(c2sc(O)cc2O)C(c2ccc(C(C)(F)F)cc2)C1=O. The molecule has 1 aliphatic rings. The first-order chi connectivity index (χ1) is 12.4. The van der Waals surface area contributed by atoms with Crippen LogP contribution in [0.15, 0.2) is 30.3 Å². The zero-order chi connectivity index (χ0) is 20.1. The molecule has 6 nitrogen and oxygen atoms in total. The van der Waals surface area contributed by atoms with Crippen LogP contribution in [0, 0.1) is 5.41 Å². The summed E-state index contributed by atoms with van der Waals surface area (Å²) < 4.78 is 27.0. The van der Waals surface area contributed by atoms with E-state index in [4.69, 9.17) is 5.41 Å². The van der Waals surface area contributed by atoms with Crippen molar-refractivity contribution in [3.05, 3.63) is 46.3 Å². The number of nitrogens with zero attached hydrogens (tertiary/aromatic N) is 1. The number of thiophene rings is 1. The van der Waals surface area contributed by atoms with Crippen LogP contribution in [0.1, 0.15) is 35.8 Å². The van der Waals surface area contributed by atoms with E-state index in [1.807, 2.05) is 0 Å². The molecule has 1 unspecified atom stereocenters. The first-order valence-electron chi connectivity index (χ1n) is 8.10. The summed E-state index contributed by atoms with van der Waals surface area (Å²) in [6, 6.07) is 6.58. The summed E-state index contributed by atoms with van der Waals surface area (Å²) in [5.41, 5.74) is -0.969. The molecule has 1 amide bonds. The standard InChI is InChI=1S/C18H19F2N3O3S/c1-17(14-11(24)8-12(25)27-14)13(15(26)23(3)16(21)22-17)9-4-6-10(7-5-9)18(2,19)20/h4-8,13,24-25H,1-3H3,(H2,21,22)/t13?,17-/m0/s1. The van der Waals surface area contributed by atoms with Crippen LogP contribution in [0.2, 0.25) is 0 Å². The molecule has 1 aromatic heterocycles. The number of carbonyl (C=O) groups is 1. The zero-order valence-corrected chi connectivity index (χ0v) is 15.7. The summed E-state index contributed by atoms with van der Waals surface area (Å²) in [5.74, 6) is -4.71. The van der Waals surface area contributed by atoms with E-state index >= 15 is 0 Å². The molecule has 4 N–H and O–H groups in total. The van der Waals surface area contributed by atoms with Crippen molar-refractivity contribution in [1.29, 1.82) is 5.41 Å². The third-order valence-corrected chi connectivity index (χ3v) is 5.95. The topological polar surface area (TPSA) is 96.7 Å². The van der Waals surface area contributed by atoms with Crippen LogP contribution in [0.25, 0.3) is 0 Å². The van der Waals surface area contributed by atoms with Crippen molar-refractivity contribution in [2.24, 2.45) is 0 Å². The van der Waals surface area contributed by atoms with Gasteiger partial charge in [-0.1, -0.05) is 35.6 Å². The van der Waals surface area contributed by atoms with Gasteiger partial charge in [-0.05, 0) is 12.5 Å². The Hall–Kier alpha value is -2.68. The fraction of sp³-hybridized carbons (Fsp3) is 0.333. The molecule has 0 bridgehead atoms. The van der Waals surface area contributed by atoms with Gasteiger partial charge >= 0.3 is 0 Å². The number of hydrogen-bond acceptors (Lipinski definition) is 5. The Labute approximate surface area is 158 Å². The highest BCUT2D eigenvalue weighted by atomic mass is 32.1. The molecule has 0 aliphatic carbocycles. The Morgan fingerprint density at radius 3 is 2.37 bits per heavy atom. The first kappa shape index (κ1) is 19.1. The summed E-state index contributed by atoms with van der Waals surface area (Å²) in [5, 5.41) is 30.8. The normalized spacial score (nSPS) is 23.4. The summed E-state index contributed by atoms with van der Waals surface area (Å²) in [4.78, 5) is 14.4. The van der Waals surface area contributed by atoms with E-state index < -0.39 is 23.3 Å². The predicted molar refractivity (Wildman–Crippen MR) is 97.4 cm³/mol. The van der Waals surface area contributed by atoms with Crippen LogP contribution in [0.4, 0.5) is 8.78 Å². The van der Waals surface area contributed by atoms with Gasteiger partial charge in [0.2, 0.25) is 5.91 Å². The minimum atomic E-state index is -3.01. The van der Waals surface area contributed by atoms with Gasteiger partial charge in [-0.15, -0.1) is 0 Å². The largest absolute Gasteiger partial charge is 0.507 e. The van der Waals surface area contributed by atoms with E-state index in [0.29, 0.717) is 5.56 Å². The molecule has 1 aliphatic heterocycles. The monoisotopic (exact) mass is 395 g/mol. The van der Waals surface area contributed by atoms with E-state index in [0.717, 1.165) is 29.2 Å². The number of aromatic hydroxyl groups is 2. The predicted octanol–water partition coefficient (Wildman–Crippen LogP) is 3.27. The van der Waals surface area contributed by atoms with E-state index in [1.165, 1.54) is 31.3 Å². The summed E-state index contributed by atoms with van der Waals surface area (Å²) >= 11 is 0.886. The van der Waals surface area contributed by atoms with E-state index in [-0.39, 0.29) is 27.2 Å². The van der Waals surface area contributed by atoms with Crippen LogP contribution in [-0.2, 0) is 16.3 Å². The van der Waals surface area contributed by atoms with Crippen LogP contribution in [0.3, 0.4) is 0 Å². The third kappa shape index (κ3) is 3.12. The summed E-state index contributed by atoms with van der Waals surface area (Å²) in [6.45, 7) is 2.42. The van der Waals surface area contributed by atoms with Gasteiger partial charge in [0.1, 0.15) is 5.75 Å². The molecule has 0 spiro atoms. The Morgan fingerprint density at radius 2 is 1.89 bits per heavy atom. The molecule has 27 heavy (non-hydrogen) atoms. The number of hydrogen-bond donors (Lipinski definition) is 4. The van der Waals surface area contributed by atoms with Gasteiger partial charge in [0.25, 0.3) is 5.92 Å². The van der Waals surface area contributed by atoms with Crippen LogP contribution >= 0.6 is 11.3 Å². The number of likely N-dealkylation sites (N-methyl/N-ethyl adjacent to an activating group) is 1. The molecule has 1 aromatic carbocycles. The average Bonchev–Trinajstić information content (AvgIpc) is 2.92. The second kappa shape index (κ2) is 6.19. The number of carbonyl (C=O) groups excluding carboxylic acids is 1. The van der Waals surface area contributed by atoms with Gasteiger partial charge in [0.05, 0.1) is 16.3 Å². The maximum absolute atomic E-state index is 13.5. The van der Waals surface area contributed by atoms with Crippen molar-refractivity contribution in [3.8, 4) is 10.8 Å². The van der Waals surface area contributed by atoms with Crippen LogP contribution < -0.4 is 5.32 Å². The lowest BCUT2D eigenvalue weighted by atomic mass is 9.76. The van der Waals surface area contributed by atoms with Crippen molar-refractivity contribution in [1.82, 2.24) is 10.2 Å². The molecular weight excluding hydrogens is 376 g/mol. The minimum Gasteiger partial charge on any atom is -0.507 e. The summed E-state index contributed by atoms with van der Waals surface area (Å²) in [7, 11) is 1.44. The van der Waals surface area contributed by atoms with Gasteiger partial charge in [-0.25, -0.2) is 8.78 Å². The molecule has 1 fully saturated rings. The first-order valence-corrected chi connectivity index (χ1v) is 8.91. The fourth-order valence-corrected chi connectivity index (χ4v) is 4.25. The second-order valence-electron chi connectivity index (χ2n) is 6.82. The number of amides is 1. The van der Waals surface area contributed by atoms with Crippen molar-refractivity contribution in [2.45, 2.75) is 31.2 Å². The molecule has 3 rings (SSSR count). The molecule has 2 heterocycles. The molecular formula is C18H19F2N3O3S. The highest BCUT2D eigenvalue weighted by Gasteiger charge is 2.50. The Morgan fingerprint density at radius 1 is 1.30 bits per heavy atom. The molecule has 1 saturated heterocycles. The lowest BCUT2D eigenvalue weighted by Crippen LogP contribution is -2.62. The molecule has 2 atom stereocenters. The number of alkyl halides is 2. The van der Waals surface area contributed by atoms with Crippen molar-refractivity contribution < 1.29 is 23.8 Å². The third-order valence-electron chi connectivity index (χ3n) is 4.79. The van der Waals surface area contributed by atoms with Crippen molar-refractivity contribution in [3.63, 3.8) is 0 Å². The van der Waals surface area contributed by atoms with Crippen molar-refractivity contribution >= 4 is 23.2 Å². The molecule has 0 saturated carbocycles. The quantitative estimate of drug-likeness (QED) is 0.641. The van der Waals surface area contributed by atoms with Gasteiger partial charge in [0.15, 0.2) is 11.0 Å². The molecule has 0 radical (unpaired) electrons. The maximum Gasteiger partial charge on any atom is 0.270 e. The fourth-order valence-electron chi connectivity index (χ4n) is 3.33. The number of nitrogens with one attached hydrogen (secondary N) is 2. The van der Waals surface area contributed by atoms with E-state index in [9.17, 15) is 23.8 Å². The Kier molecular flexibility index (Phi) is 4.38. The Balaban J connectivity index is 2.14. The second-order valence-corrected chi connectivity index (χ2v) is 7.85.